The third-order valence-corrected chi connectivity index (χ3v) is 5.84. The van der Waals surface area contributed by atoms with E-state index in [0.29, 0.717) is 28.5 Å². The molecule has 0 unspecified atom stereocenters. The molecule has 1 fully saturated rings. The van der Waals surface area contributed by atoms with Gasteiger partial charge in [0.1, 0.15) is 5.82 Å². The summed E-state index contributed by atoms with van der Waals surface area (Å²) in [5.41, 5.74) is 3.24. The van der Waals surface area contributed by atoms with Gasteiger partial charge in [-0.1, -0.05) is 24.3 Å². The lowest BCUT2D eigenvalue weighted by molar-refractivity contribution is 0.0978. The zero-order chi connectivity index (χ0) is 24.3. The molecule has 0 aliphatic heterocycles. The predicted octanol–water partition coefficient (Wildman–Crippen LogP) is 3.26. The highest BCUT2D eigenvalue weighted by molar-refractivity contribution is 7.89. The number of para-hydroxylation sites is 1. The summed E-state index contributed by atoms with van der Waals surface area (Å²) in [5.74, 6) is -0.0465. The Bertz CT molecular complexity index is 1380. The molecule has 1 aromatic heterocycles. The number of benzene rings is 2. The maximum atomic E-state index is 12.8. The summed E-state index contributed by atoms with van der Waals surface area (Å²) in [6.07, 6.45) is 4.55. The van der Waals surface area contributed by atoms with E-state index >= 15 is 0 Å². The normalized spacial score (nSPS) is 13.1. The molecule has 3 aromatic rings. The van der Waals surface area contributed by atoms with Gasteiger partial charge in [-0.2, -0.15) is 5.26 Å². The van der Waals surface area contributed by atoms with Crippen LogP contribution in [0, 0.1) is 11.3 Å². The van der Waals surface area contributed by atoms with Crippen LogP contribution in [-0.2, 0) is 10.0 Å². The van der Waals surface area contributed by atoms with Gasteiger partial charge in [-0.15, -0.1) is 0 Å². The van der Waals surface area contributed by atoms with Crippen molar-refractivity contribution in [3.63, 3.8) is 0 Å². The Morgan fingerprint density at radius 2 is 1.97 bits per heavy atom. The van der Waals surface area contributed by atoms with Crippen LogP contribution in [0.4, 0.5) is 11.5 Å². The number of ether oxygens (including phenoxy) is 1. The first-order valence-corrected chi connectivity index (χ1v) is 12.3. The molecule has 0 saturated heterocycles. The minimum absolute atomic E-state index is 0.0774. The molecule has 1 aliphatic rings. The van der Waals surface area contributed by atoms with Crippen LogP contribution in [0.15, 0.2) is 54.7 Å². The average molecular weight is 479 g/mol. The molecule has 1 amide bonds. The van der Waals surface area contributed by atoms with Crippen molar-refractivity contribution in [2.45, 2.75) is 18.8 Å². The maximum absolute atomic E-state index is 12.8. The number of aromatic nitrogens is 1. The van der Waals surface area contributed by atoms with Crippen LogP contribution in [-0.4, -0.2) is 37.5 Å². The van der Waals surface area contributed by atoms with Crippen LogP contribution >= 0.6 is 0 Å². The van der Waals surface area contributed by atoms with Crippen LogP contribution in [0.5, 0.6) is 5.75 Å². The summed E-state index contributed by atoms with van der Waals surface area (Å²) in [6, 6.07) is 15.8. The first-order valence-electron chi connectivity index (χ1n) is 10.5. The van der Waals surface area contributed by atoms with Gasteiger partial charge < -0.3 is 15.2 Å². The van der Waals surface area contributed by atoms with Crippen LogP contribution in [0.1, 0.15) is 40.2 Å². The van der Waals surface area contributed by atoms with E-state index in [1.54, 1.807) is 54.7 Å². The second kappa shape index (κ2) is 9.51. The highest BCUT2D eigenvalue weighted by Crippen LogP contribution is 2.42. The van der Waals surface area contributed by atoms with Gasteiger partial charge in [0.2, 0.25) is 10.0 Å². The molecular weight excluding hydrogens is 456 g/mol. The van der Waals surface area contributed by atoms with Crippen LogP contribution in [0.3, 0.4) is 0 Å². The highest BCUT2D eigenvalue weighted by Gasteiger charge is 2.27. The number of pyridine rings is 1. The molecule has 9 nitrogen and oxygen atoms in total. The Morgan fingerprint density at radius 1 is 1.24 bits per heavy atom. The monoisotopic (exact) mass is 478 g/mol. The van der Waals surface area contributed by atoms with Crippen molar-refractivity contribution >= 4 is 27.4 Å². The fraction of sp³-hybridized carbons (Fsp3) is 0.208. The zero-order valence-electron chi connectivity index (χ0n) is 18.3. The van der Waals surface area contributed by atoms with Crippen molar-refractivity contribution in [2.75, 3.05) is 18.4 Å². The van der Waals surface area contributed by atoms with Crippen LogP contribution in [0.25, 0.3) is 11.1 Å². The number of aliphatic hydroxyl groups excluding tert-OH is 1. The number of hydrogen-bond donors (Lipinski definition) is 3. The smallest absolute Gasteiger partial charge is 0.268 e. The molecule has 10 heteroatoms. The van der Waals surface area contributed by atoms with Crippen molar-refractivity contribution in [2.24, 2.45) is 0 Å². The predicted molar refractivity (Wildman–Crippen MR) is 126 cm³/mol. The van der Waals surface area contributed by atoms with Gasteiger partial charge in [-0.05, 0) is 54.2 Å². The largest absolute Gasteiger partial charge is 0.465 e. The van der Waals surface area contributed by atoms with E-state index in [2.05, 4.69) is 16.4 Å². The van der Waals surface area contributed by atoms with Gasteiger partial charge in [-0.25, -0.2) is 18.1 Å². The number of nitrogens with one attached hydrogen (secondary N) is 2. The minimum atomic E-state index is -3.78. The van der Waals surface area contributed by atoms with E-state index in [0.717, 1.165) is 30.2 Å². The van der Waals surface area contributed by atoms with Gasteiger partial charge >= 0.3 is 0 Å². The van der Waals surface area contributed by atoms with Gasteiger partial charge in [-0.3, -0.25) is 4.79 Å². The molecule has 34 heavy (non-hydrogen) atoms. The van der Waals surface area contributed by atoms with E-state index in [1.165, 1.54) is 0 Å². The Balaban J connectivity index is 1.75. The quantitative estimate of drug-likeness (QED) is 0.419. The molecule has 3 N–H and O–H groups in total. The van der Waals surface area contributed by atoms with E-state index < -0.39 is 22.7 Å². The summed E-state index contributed by atoms with van der Waals surface area (Å²) in [5, 5.41) is 21.6. The summed E-state index contributed by atoms with van der Waals surface area (Å²) >= 11 is 0. The van der Waals surface area contributed by atoms with Gasteiger partial charge in [0.15, 0.2) is 12.5 Å². The molecule has 1 saturated carbocycles. The van der Waals surface area contributed by atoms with E-state index in [9.17, 15) is 18.3 Å². The number of aliphatic hydroxyl groups is 1. The van der Waals surface area contributed by atoms with Gasteiger partial charge in [0.25, 0.3) is 5.91 Å². The van der Waals surface area contributed by atoms with Crippen molar-refractivity contribution in [1.82, 2.24) is 9.71 Å². The molecule has 0 radical (unpaired) electrons. The van der Waals surface area contributed by atoms with E-state index in [1.807, 2.05) is 4.72 Å². The molecule has 0 spiro atoms. The third-order valence-electron chi connectivity index (χ3n) is 5.28. The second-order valence-corrected chi connectivity index (χ2v) is 9.66. The van der Waals surface area contributed by atoms with Crippen molar-refractivity contribution in [3.05, 3.63) is 71.4 Å². The number of amides is 1. The third kappa shape index (κ3) is 5.33. The molecule has 4 rings (SSSR count). The van der Waals surface area contributed by atoms with Crippen LogP contribution in [0.2, 0.25) is 0 Å². The number of nitrogens with zero attached hydrogens (tertiary/aromatic N) is 2. The Morgan fingerprint density at radius 3 is 2.59 bits per heavy atom. The molecule has 1 aliphatic carbocycles. The first-order chi connectivity index (χ1) is 16.3. The highest BCUT2D eigenvalue weighted by atomic mass is 32.2. The number of sulfonamides is 1. The Kier molecular flexibility index (Phi) is 6.49. The molecule has 0 atom stereocenters. The summed E-state index contributed by atoms with van der Waals surface area (Å²) < 4.78 is 30.8. The lowest BCUT2D eigenvalue weighted by Gasteiger charge is -2.18. The SMILES string of the molecule is CS(=O)(=O)NC(=O)c1cc(C2CC2)cnc1Nc1cccc(-c2ccc(C#N)cc2)c1OCO. The topological polar surface area (TPSA) is 141 Å². The lowest BCUT2D eigenvalue weighted by atomic mass is 10.0. The number of carbonyl (C=O) groups excluding carboxylic acids is 1. The maximum Gasteiger partial charge on any atom is 0.268 e. The van der Waals surface area contributed by atoms with E-state index in [4.69, 9.17) is 10.00 Å². The molecule has 1 heterocycles. The van der Waals surface area contributed by atoms with Gasteiger partial charge in [0.05, 0.1) is 29.1 Å². The molecule has 174 valence electrons. The van der Waals surface area contributed by atoms with E-state index in [-0.39, 0.29) is 11.4 Å². The number of nitriles is 1. The minimum Gasteiger partial charge on any atom is -0.465 e. The molecule has 0 bridgehead atoms. The number of anilines is 2. The Labute approximate surface area is 197 Å². The summed E-state index contributed by atoms with van der Waals surface area (Å²) in [6.45, 7) is -0.600. The first kappa shape index (κ1) is 23.2. The lowest BCUT2D eigenvalue weighted by Crippen LogP contribution is -2.30. The molecule has 2 aromatic carbocycles. The Hall–Kier alpha value is -3.94. The molecular formula is C24H22N4O5S. The zero-order valence-corrected chi connectivity index (χ0v) is 19.1. The van der Waals surface area contributed by atoms with Crippen molar-refractivity contribution in [3.8, 4) is 22.9 Å². The van der Waals surface area contributed by atoms with Crippen LogP contribution < -0.4 is 14.8 Å². The van der Waals surface area contributed by atoms with Crippen molar-refractivity contribution < 1.29 is 23.1 Å². The summed E-state index contributed by atoms with van der Waals surface area (Å²) in [4.78, 5) is 17.1. The van der Waals surface area contributed by atoms with Gasteiger partial charge in [0, 0.05) is 11.8 Å². The second-order valence-electron chi connectivity index (χ2n) is 7.91. The number of hydrogen-bond acceptors (Lipinski definition) is 8. The number of rotatable bonds is 8. The number of carbonyl (C=O) groups is 1. The standard InChI is InChI=1S/C24H22N4O5S/c1-34(31,32)28-24(30)20-11-18(16-9-10-16)13-26-23(20)27-21-4-2-3-19(22(21)33-14-29)17-7-5-15(12-25)6-8-17/h2-8,11,13,16,29H,9-10,14H2,1H3,(H,26,27)(H,28,30). The average Bonchev–Trinajstić information content (AvgIpc) is 3.65. The fourth-order valence-electron chi connectivity index (χ4n) is 3.55. The fourth-order valence-corrected chi connectivity index (χ4v) is 4.00. The van der Waals surface area contributed by atoms with Crippen molar-refractivity contribution in [1.29, 1.82) is 5.26 Å². The summed E-state index contributed by atoms with van der Waals surface area (Å²) in [7, 11) is -3.78.